The highest BCUT2D eigenvalue weighted by Crippen LogP contribution is 2.22. The van der Waals surface area contributed by atoms with Gasteiger partial charge in [-0.1, -0.05) is 6.07 Å². The van der Waals surface area contributed by atoms with Crippen molar-refractivity contribution in [1.29, 1.82) is 0 Å². The number of hydrogen-bond donors (Lipinski definition) is 0. The second-order valence-corrected chi connectivity index (χ2v) is 3.16. The fourth-order valence-electron chi connectivity index (χ4n) is 1.57. The third-order valence-electron chi connectivity index (χ3n) is 2.19. The van der Waals surface area contributed by atoms with Crippen molar-refractivity contribution in [2.45, 2.75) is 13.0 Å². The highest BCUT2D eigenvalue weighted by Gasteiger charge is 2.28. The number of carbonyl (C=O) groups excluding carboxylic acids is 1. The molecule has 0 saturated heterocycles. The van der Waals surface area contributed by atoms with E-state index < -0.39 is 13.0 Å². The largest absolute Gasteiger partial charge is 0.329 e. The Bertz CT molecular complexity index is 365. The monoisotopic (exact) mass is 196 g/mol. The molecule has 0 atom stereocenters. The standard InChI is InChI=1S/C10H8F2NO/c11-9(12)6-13-5-7-3-1-2-4-8(7)10(13)14/h2-4,9H,5-6H2. The molecule has 73 valence electrons. The summed E-state index contributed by atoms with van der Waals surface area (Å²) in [5.74, 6) is -0.311. The van der Waals surface area contributed by atoms with Crippen LogP contribution in [-0.4, -0.2) is 23.8 Å². The predicted molar refractivity (Wildman–Crippen MR) is 46.0 cm³/mol. The highest BCUT2D eigenvalue weighted by atomic mass is 19.3. The van der Waals surface area contributed by atoms with Crippen LogP contribution < -0.4 is 0 Å². The summed E-state index contributed by atoms with van der Waals surface area (Å²) in [4.78, 5) is 12.7. The molecule has 1 amide bonds. The average Bonchev–Trinajstić information content (AvgIpc) is 2.44. The van der Waals surface area contributed by atoms with Crippen LogP contribution in [0.3, 0.4) is 0 Å². The van der Waals surface area contributed by atoms with Crippen molar-refractivity contribution in [2.75, 3.05) is 6.54 Å². The Morgan fingerprint density at radius 3 is 3.00 bits per heavy atom. The van der Waals surface area contributed by atoms with Gasteiger partial charge in [0.1, 0.15) is 0 Å². The van der Waals surface area contributed by atoms with E-state index in [-0.39, 0.29) is 12.5 Å². The first-order valence-electron chi connectivity index (χ1n) is 4.25. The Morgan fingerprint density at radius 2 is 2.36 bits per heavy atom. The predicted octanol–water partition coefficient (Wildman–Crippen LogP) is 1.71. The molecule has 2 nitrogen and oxygen atoms in total. The van der Waals surface area contributed by atoms with Gasteiger partial charge in [0.15, 0.2) is 0 Å². The third kappa shape index (κ3) is 1.47. The molecule has 0 aromatic heterocycles. The smallest absolute Gasteiger partial charge is 0.255 e. The number of rotatable bonds is 2. The lowest BCUT2D eigenvalue weighted by Gasteiger charge is -2.13. The van der Waals surface area contributed by atoms with Gasteiger partial charge < -0.3 is 4.90 Å². The van der Waals surface area contributed by atoms with Crippen molar-refractivity contribution < 1.29 is 13.6 Å². The number of halogens is 2. The number of fused-ring (bicyclic) bond motifs is 1. The van der Waals surface area contributed by atoms with Gasteiger partial charge in [0, 0.05) is 12.1 Å². The van der Waals surface area contributed by atoms with E-state index in [9.17, 15) is 13.6 Å². The average molecular weight is 196 g/mol. The van der Waals surface area contributed by atoms with Crippen molar-refractivity contribution in [2.24, 2.45) is 0 Å². The Hall–Kier alpha value is -1.45. The molecule has 0 bridgehead atoms. The van der Waals surface area contributed by atoms with Gasteiger partial charge in [0.05, 0.1) is 6.54 Å². The van der Waals surface area contributed by atoms with E-state index in [1.54, 1.807) is 18.2 Å². The lowest BCUT2D eigenvalue weighted by molar-refractivity contribution is 0.0577. The summed E-state index contributed by atoms with van der Waals surface area (Å²) in [5, 5.41) is 0. The molecular formula is C10H8F2NO. The van der Waals surface area contributed by atoms with Crippen molar-refractivity contribution in [3.63, 3.8) is 0 Å². The molecule has 0 fully saturated rings. The van der Waals surface area contributed by atoms with Crippen molar-refractivity contribution in [3.05, 3.63) is 35.4 Å². The van der Waals surface area contributed by atoms with Crippen LogP contribution in [-0.2, 0) is 6.54 Å². The van der Waals surface area contributed by atoms with Gasteiger partial charge in [0.25, 0.3) is 12.3 Å². The van der Waals surface area contributed by atoms with E-state index in [0.717, 1.165) is 10.5 Å². The zero-order valence-corrected chi connectivity index (χ0v) is 7.34. The summed E-state index contributed by atoms with van der Waals surface area (Å²) in [7, 11) is 0. The molecule has 0 unspecified atom stereocenters. The SMILES string of the molecule is O=C1c2cc[c]cc2CN1CC(F)F. The van der Waals surface area contributed by atoms with Crippen molar-refractivity contribution in [3.8, 4) is 0 Å². The summed E-state index contributed by atoms with van der Waals surface area (Å²) in [6.07, 6.45) is -2.47. The summed E-state index contributed by atoms with van der Waals surface area (Å²) in [6.45, 7) is -0.219. The molecule has 1 aliphatic heterocycles. The van der Waals surface area contributed by atoms with Crippen molar-refractivity contribution in [1.82, 2.24) is 4.90 Å². The normalized spacial score (nSPS) is 15.1. The van der Waals surface area contributed by atoms with Gasteiger partial charge >= 0.3 is 0 Å². The Labute approximate surface area is 80.1 Å². The zero-order valence-electron chi connectivity index (χ0n) is 7.34. The molecule has 0 saturated carbocycles. The number of carbonyl (C=O) groups is 1. The van der Waals surface area contributed by atoms with Crippen LogP contribution in [0.5, 0.6) is 0 Å². The Kier molecular flexibility index (Phi) is 2.19. The molecule has 4 heteroatoms. The maximum Gasteiger partial charge on any atom is 0.255 e. The maximum atomic E-state index is 12.1. The van der Waals surface area contributed by atoms with E-state index in [4.69, 9.17) is 0 Å². The van der Waals surface area contributed by atoms with Gasteiger partial charge in [-0.3, -0.25) is 4.79 Å². The number of benzene rings is 1. The molecule has 2 rings (SSSR count). The maximum absolute atomic E-state index is 12.1. The van der Waals surface area contributed by atoms with Gasteiger partial charge in [0.2, 0.25) is 0 Å². The molecule has 14 heavy (non-hydrogen) atoms. The molecule has 0 N–H and O–H groups in total. The number of hydrogen-bond acceptors (Lipinski definition) is 1. The van der Waals surface area contributed by atoms with Gasteiger partial charge in [-0.15, -0.1) is 0 Å². The molecule has 1 heterocycles. The first kappa shape index (κ1) is 9.12. The molecule has 1 aromatic carbocycles. The van der Waals surface area contributed by atoms with Crippen LogP contribution in [0, 0.1) is 6.07 Å². The fourth-order valence-corrected chi connectivity index (χ4v) is 1.57. The van der Waals surface area contributed by atoms with Crippen LogP contribution in [0.2, 0.25) is 0 Å². The summed E-state index contributed by atoms with van der Waals surface area (Å²) < 4.78 is 24.2. The molecule has 1 aromatic rings. The second kappa shape index (κ2) is 3.36. The zero-order chi connectivity index (χ0) is 10.1. The minimum Gasteiger partial charge on any atom is -0.329 e. The Balaban J connectivity index is 2.21. The number of nitrogens with zero attached hydrogens (tertiary/aromatic N) is 1. The number of amides is 1. The first-order valence-corrected chi connectivity index (χ1v) is 4.25. The Morgan fingerprint density at radius 1 is 1.57 bits per heavy atom. The number of alkyl halides is 2. The van der Waals surface area contributed by atoms with E-state index in [1.807, 2.05) is 0 Å². The lowest BCUT2D eigenvalue weighted by atomic mass is 10.1. The minimum absolute atomic E-state index is 0.274. The quantitative estimate of drug-likeness (QED) is 0.705. The van der Waals surface area contributed by atoms with Gasteiger partial charge in [-0.25, -0.2) is 8.78 Å². The van der Waals surface area contributed by atoms with Gasteiger partial charge in [-0.2, -0.15) is 0 Å². The van der Waals surface area contributed by atoms with E-state index in [2.05, 4.69) is 6.07 Å². The second-order valence-electron chi connectivity index (χ2n) is 3.16. The van der Waals surface area contributed by atoms with Crippen LogP contribution in [0.15, 0.2) is 18.2 Å². The molecule has 0 spiro atoms. The van der Waals surface area contributed by atoms with Crippen LogP contribution in [0.25, 0.3) is 0 Å². The summed E-state index contributed by atoms with van der Waals surface area (Å²) in [5.41, 5.74) is 1.29. The van der Waals surface area contributed by atoms with Crippen LogP contribution in [0.1, 0.15) is 15.9 Å². The van der Waals surface area contributed by atoms with Gasteiger partial charge in [-0.05, 0) is 23.8 Å². The highest BCUT2D eigenvalue weighted by molar-refractivity contribution is 5.98. The fraction of sp³-hybridized carbons (Fsp3) is 0.300. The third-order valence-corrected chi connectivity index (χ3v) is 2.19. The van der Waals surface area contributed by atoms with Crippen LogP contribution >= 0.6 is 0 Å². The van der Waals surface area contributed by atoms with Crippen LogP contribution in [0.4, 0.5) is 8.78 Å². The topological polar surface area (TPSA) is 20.3 Å². The summed E-state index contributed by atoms with van der Waals surface area (Å²) >= 11 is 0. The van der Waals surface area contributed by atoms with E-state index >= 15 is 0 Å². The molecule has 1 aliphatic rings. The van der Waals surface area contributed by atoms with Crippen molar-refractivity contribution >= 4 is 5.91 Å². The molecular weight excluding hydrogens is 188 g/mol. The molecule has 0 aliphatic carbocycles. The van der Waals surface area contributed by atoms with E-state index in [1.165, 1.54) is 0 Å². The first-order chi connectivity index (χ1) is 6.68. The van der Waals surface area contributed by atoms with E-state index in [0.29, 0.717) is 5.56 Å². The lowest BCUT2D eigenvalue weighted by Crippen LogP contribution is -2.29. The molecule has 1 radical (unpaired) electrons. The summed E-state index contributed by atoms with van der Waals surface area (Å²) in [6, 6.07) is 7.71. The minimum atomic E-state index is -2.47.